The molecule has 0 spiro atoms. The Hall–Kier alpha value is -0.740. The van der Waals surface area contributed by atoms with Crippen molar-refractivity contribution in [3.63, 3.8) is 0 Å². The molecule has 0 fully saturated rings. The van der Waals surface area contributed by atoms with E-state index in [1.807, 2.05) is 28.7 Å². The van der Waals surface area contributed by atoms with E-state index in [0.29, 0.717) is 19.6 Å². The third-order valence-electron chi connectivity index (χ3n) is 1.59. The molecule has 0 aliphatic heterocycles. The number of carbonyl (C=O) groups excluding carboxylic acids is 1. The number of hydrogen-bond acceptors (Lipinski definition) is 4. The zero-order valence-electron chi connectivity index (χ0n) is 7.24. The summed E-state index contributed by atoms with van der Waals surface area (Å²) in [6.07, 6.45) is 0. The van der Waals surface area contributed by atoms with Crippen molar-refractivity contribution in [2.24, 2.45) is 0 Å². The molecular formula is C9H6INO2S. The quantitative estimate of drug-likeness (QED) is 0.491. The molecule has 1 aromatic carbocycles. The lowest BCUT2D eigenvalue weighted by Crippen LogP contribution is -2.05. The van der Waals surface area contributed by atoms with Gasteiger partial charge in [0, 0.05) is 8.47 Å². The van der Waals surface area contributed by atoms with Crippen LogP contribution in [-0.4, -0.2) is 13.1 Å². The van der Waals surface area contributed by atoms with Crippen LogP contribution in [0, 0.1) is 14.9 Å². The van der Waals surface area contributed by atoms with E-state index in [-0.39, 0.29) is 0 Å². The second-order valence-electron chi connectivity index (χ2n) is 2.46. The van der Waals surface area contributed by atoms with E-state index >= 15 is 0 Å². The number of ether oxygens (including phenoxy) is 1. The number of methoxy groups -OCH3 is 1. The van der Waals surface area contributed by atoms with Gasteiger partial charge in [0.25, 0.3) is 0 Å². The minimum atomic E-state index is -0.441. The lowest BCUT2D eigenvalue weighted by atomic mass is 10.1. The molecular weight excluding hydrogens is 313 g/mol. The van der Waals surface area contributed by atoms with Crippen molar-refractivity contribution in [1.29, 1.82) is 5.26 Å². The van der Waals surface area contributed by atoms with E-state index in [9.17, 15) is 4.79 Å². The topological polar surface area (TPSA) is 50.1 Å². The monoisotopic (exact) mass is 319 g/mol. The summed E-state index contributed by atoms with van der Waals surface area (Å²) < 4.78 is 5.26. The summed E-state index contributed by atoms with van der Waals surface area (Å²) in [6, 6.07) is 5.14. The van der Waals surface area contributed by atoms with Crippen LogP contribution in [0.15, 0.2) is 17.0 Å². The molecule has 0 aliphatic rings. The Morgan fingerprint density at radius 3 is 2.71 bits per heavy atom. The molecule has 0 unspecified atom stereocenters. The van der Waals surface area contributed by atoms with Crippen LogP contribution in [0.1, 0.15) is 15.9 Å². The zero-order valence-corrected chi connectivity index (χ0v) is 10.3. The molecule has 1 aromatic rings. The molecule has 5 heteroatoms. The molecule has 0 saturated carbocycles. The van der Waals surface area contributed by atoms with Gasteiger partial charge in [0.05, 0.1) is 24.3 Å². The van der Waals surface area contributed by atoms with Gasteiger partial charge in [-0.1, -0.05) is 0 Å². The minimum Gasteiger partial charge on any atom is -0.465 e. The van der Waals surface area contributed by atoms with Crippen LogP contribution < -0.4 is 0 Å². The van der Waals surface area contributed by atoms with Crippen LogP contribution >= 0.6 is 35.2 Å². The first kappa shape index (κ1) is 11.3. The summed E-state index contributed by atoms with van der Waals surface area (Å²) in [5.74, 6) is -0.441. The van der Waals surface area contributed by atoms with Crippen molar-refractivity contribution in [2.45, 2.75) is 4.90 Å². The summed E-state index contributed by atoms with van der Waals surface area (Å²) in [6.45, 7) is 0. The van der Waals surface area contributed by atoms with Crippen molar-refractivity contribution in [3.8, 4) is 6.07 Å². The second-order valence-corrected chi connectivity index (χ2v) is 4.10. The molecule has 0 bridgehead atoms. The van der Waals surface area contributed by atoms with Gasteiger partial charge in [-0.2, -0.15) is 5.26 Å². The van der Waals surface area contributed by atoms with Crippen LogP contribution in [0.4, 0.5) is 0 Å². The average molecular weight is 319 g/mol. The fourth-order valence-corrected chi connectivity index (χ4v) is 2.37. The molecule has 1 rings (SSSR count). The van der Waals surface area contributed by atoms with Crippen LogP contribution in [0.3, 0.4) is 0 Å². The van der Waals surface area contributed by atoms with Gasteiger partial charge < -0.3 is 4.74 Å². The molecule has 0 aromatic heterocycles. The standard InChI is InChI=1S/C9H6INO2S/c1-13-9(12)8-6(10)2-5(4-11)3-7(8)14/h2-3,14H,1H3. The molecule has 0 amide bonds. The van der Waals surface area contributed by atoms with Crippen molar-refractivity contribution in [3.05, 3.63) is 26.8 Å². The number of hydrogen-bond donors (Lipinski definition) is 1. The number of nitrogens with zero attached hydrogens (tertiary/aromatic N) is 1. The molecule has 72 valence electrons. The Morgan fingerprint density at radius 2 is 2.29 bits per heavy atom. The second kappa shape index (κ2) is 4.66. The number of carbonyl (C=O) groups is 1. The van der Waals surface area contributed by atoms with E-state index < -0.39 is 5.97 Å². The fraction of sp³-hybridized carbons (Fsp3) is 0.111. The van der Waals surface area contributed by atoms with Crippen molar-refractivity contribution in [2.75, 3.05) is 7.11 Å². The molecule has 0 aliphatic carbocycles. The smallest absolute Gasteiger partial charge is 0.340 e. The SMILES string of the molecule is COC(=O)c1c(S)cc(C#N)cc1I. The maximum atomic E-state index is 11.3. The zero-order chi connectivity index (χ0) is 10.7. The Labute approximate surface area is 101 Å². The summed E-state index contributed by atoms with van der Waals surface area (Å²) in [5, 5.41) is 8.67. The molecule has 0 atom stereocenters. The number of rotatable bonds is 1. The van der Waals surface area contributed by atoms with Crippen LogP contribution in [0.25, 0.3) is 0 Å². The summed E-state index contributed by atoms with van der Waals surface area (Å²) in [5.41, 5.74) is 0.877. The van der Waals surface area contributed by atoms with E-state index in [4.69, 9.17) is 5.26 Å². The molecule has 0 saturated heterocycles. The first-order chi connectivity index (χ1) is 6.60. The molecule has 0 heterocycles. The third kappa shape index (κ3) is 2.19. The van der Waals surface area contributed by atoms with E-state index in [2.05, 4.69) is 17.4 Å². The fourth-order valence-electron chi connectivity index (χ4n) is 0.961. The molecule has 0 N–H and O–H groups in total. The number of halogens is 1. The van der Waals surface area contributed by atoms with Gasteiger partial charge in [0.1, 0.15) is 0 Å². The Kier molecular flexibility index (Phi) is 3.77. The molecule has 3 nitrogen and oxygen atoms in total. The third-order valence-corrected chi connectivity index (χ3v) is 2.79. The Balaban J connectivity index is 3.34. The number of nitriles is 1. The minimum absolute atomic E-state index is 0.399. The first-order valence-corrected chi connectivity index (χ1v) is 5.13. The lowest BCUT2D eigenvalue weighted by Gasteiger charge is -2.05. The molecule has 0 radical (unpaired) electrons. The summed E-state index contributed by atoms with van der Waals surface area (Å²) in [4.78, 5) is 11.8. The number of thiol groups is 1. The van der Waals surface area contributed by atoms with Gasteiger partial charge in [-0.25, -0.2) is 4.79 Å². The van der Waals surface area contributed by atoms with Crippen molar-refractivity contribution in [1.82, 2.24) is 0 Å². The highest BCUT2D eigenvalue weighted by Crippen LogP contribution is 2.23. The first-order valence-electron chi connectivity index (χ1n) is 3.61. The van der Waals surface area contributed by atoms with Crippen LogP contribution in [0.2, 0.25) is 0 Å². The maximum absolute atomic E-state index is 11.3. The lowest BCUT2D eigenvalue weighted by molar-refractivity contribution is 0.0595. The van der Waals surface area contributed by atoms with E-state index in [1.165, 1.54) is 13.2 Å². The summed E-state index contributed by atoms with van der Waals surface area (Å²) in [7, 11) is 1.31. The van der Waals surface area contributed by atoms with Crippen molar-refractivity contribution >= 4 is 41.2 Å². The highest BCUT2D eigenvalue weighted by Gasteiger charge is 2.14. The maximum Gasteiger partial charge on any atom is 0.340 e. The van der Waals surface area contributed by atoms with E-state index in [0.717, 1.165) is 0 Å². The number of esters is 1. The van der Waals surface area contributed by atoms with Crippen molar-refractivity contribution < 1.29 is 9.53 Å². The van der Waals surface area contributed by atoms with E-state index in [1.54, 1.807) is 6.07 Å². The molecule has 14 heavy (non-hydrogen) atoms. The number of benzene rings is 1. The Morgan fingerprint density at radius 1 is 1.64 bits per heavy atom. The van der Waals surface area contributed by atoms with Crippen LogP contribution in [0.5, 0.6) is 0 Å². The van der Waals surface area contributed by atoms with Gasteiger partial charge in [-0.3, -0.25) is 0 Å². The Bertz CT molecular complexity index is 402. The summed E-state index contributed by atoms with van der Waals surface area (Å²) >= 11 is 6.10. The highest BCUT2D eigenvalue weighted by molar-refractivity contribution is 14.1. The van der Waals surface area contributed by atoms with Gasteiger partial charge in [-0.15, -0.1) is 12.6 Å². The average Bonchev–Trinajstić information content (AvgIpc) is 2.16. The predicted molar refractivity (Wildman–Crippen MR) is 62.5 cm³/mol. The predicted octanol–water partition coefficient (Wildman–Crippen LogP) is 2.24. The van der Waals surface area contributed by atoms with Gasteiger partial charge in [-0.05, 0) is 34.7 Å². The van der Waals surface area contributed by atoms with Crippen LogP contribution in [-0.2, 0) is 4.74 Å². The normalized spacial score (nSPS) is 9.29. The van der Waals surface area contributed by atoms with Gasteiger partial charge in [0.15, 0.2) is 0 Å². The van der Waals surface area contributed by atoms with Gasteiger partial charge in [0.2, 0.25) is 0 Å². The highest BCUT2D eigenvalue weighted by atomic mass is 127. The largest absolute Gasteiger partial charge is 0.465 e. The van der Waals surface area contributed by atoms with Gasteiger partial charge >= 0.3 is 5.97 Å².